The minimum absolute atomic E-state index is 0.0119. The van der Waals surface area contributed by atoms with E-state index in [0.29, 0.717) is 24.2 Å². The molecule has 4 unspecified atom stereocenters. The molecule has 5 rings (SSSR count). The number of hydrogen-bond acceptors (Lipinski definition) is 4. The van der Waals surface area contributed by atoms with E-state index in [9.17, 15) is 15.2 Å². The monoisotopic (exact) mass is 343 g/mol. The van der Waals surface area contributed by atoms with Crippen LogP contribution in [0.15, 0.2) is 0 Å². The van der Waals surface area contributed by atoms with Crippen LogP contribution in [0, 0.1) is 45.8 Å². The Bertz CT molecular complexity index is 696. The number of carbonyl (C=O) groups is 1. The highest BCUT2D eigenvalue weighted by Gasteiger charge is 2.78. The molecule has 4 heteroatoms. The summed E-state index contributed by atoms with van der Waals surface area (Å²) in [4.78, 5) is 12.5. The van der Waals surface area contributed by atoms with Crippen LogP contribution in [0.5, 0.6) is 0 Å². The van der Waals surface area contributed by atoms with E-state index >= 15 is 0 Å². The number of carbonyl (C=O) groups excluding carboxylic acids is 1. The van der Waals surface area contributed by atoms with Crippen molar-refractivity contribution in [2.75, 3.05) is 0 Å². The van der Waals surface area contributed by atoms with Gasteiger partial charge < -0.3 is 9.84 Å². The highest BCUT2D eigenvalue weighted by atomic mass is 16.6. The smallest absolute Gasteiger partial charge is 0.181 e. The van der Waals surface area contributed by atoms with Gasteiger partial charge in [0.05, 0.1) is 11.7 Å². The molecule has 1 aliphatic heterocycles. The quantitative estimate of drug-likeness (QED) is 0.685. The Morgan fingerprint density at radius 3 is 2.48 bits per heavy atom. The van der Waals surface area contributed by atoms with Crippen molar-refractivity contribution in [1.82, 2.24) is 0 Å². The average molecular weight is 343 g/mol. The van der Waals surface area contributed by atoms with Crippen LogP contribution in [0.2, 0.25) is 0 Å². The summed E-state index contributed by atoms with van der Waals surface area (Å²) >= 11 is 0. The third-order valence-corrected chi connectivity index (χ3v) is 9.71. The third-order valence-electron chi connectivity index (χ3n) is 9.71. The van der Waals surface area contributed by atoms with Gasteiger partial charge in [-0.25, -0.2) is 0 Å². The standard InChI is InChI=1S/C21H29NO3/c1-18-7-5-15-13(14(18)6-8-20(18,3)24)4-9-21-17(25-21)16(23)12(11-22)10-19(15,21)2/h12-15,17,24H,4-10H2,1-3H3/t12?,13-,14-,15+,17?,18-,19+,20?,21?/m0/s1. The van der Waals surface area contributed by atoms with Crippen molar-refractivity contribution in [3.8, 4) is 6.07 Å². The zero-order valence-corrected chi connectivity index (χ0v) is 15.5. The largest absolute Gasteiger partial charge is 0.390 e. The lowest BCUT2D eigenvalue weighted by atomic mass is 9.43. The molecule has 1 saturated heterocycles. The Hall–Kier alpha value is -0.920. The van der Waals surface area contributed by atoms with Crippen molar-refractivity contribution in [3.05, 3.63) is 0 Å². The molecule has 1 spiro atoms. The molecule has 0 amide bonds. The summed E-state index contributed by atoms with van der Waals surface area (Å²) in [6.45, 7) is 6.63. The number of epoxide rings is 1. The van der Waals surface area contributed by atoms with Crippen LogP contribution in [0.25, 0.3) is 0 Å². The van der Waals surface area contributed by atoms with Gasteiger partial charge in [-0.2, -0.15) is 5.26 Å². The van der Waals surface area contributed by atoms with Gasteiger partial charge in [-0.1, -0.05) is 13.8 Å². The number of ether oxygens (including phenoxy) is 1. The van der Waals surface area contributed by atoms with Crippen LogP contribution in [0.3, 0.4) is 0 Å². The molecular weight excluding hydrogens is 314 g/mol. The lowest BCUT2D eigenvalue weighted by molar-refractivity contribution is -0.151. The van der Waals surface area contributed by atoms with Crippen molar-refractivity contribution < 1.29 is 14.6 Å². The fourth-order valence-corrected chi connectivity index (χ4v) is 7.93. The number of nitrogens with zero attached hydrogens (tertiary/aromatic N) is 1. The van der Waals surface area contributed by atoms with E-state index in [1.54, 1.807) is 0 Å². The van der Waals surface area contributed by atoms with Gasteiger partial charge in [0.2, 0.25) is 0 Å². The molecule has 5 fully saturated rings. The number of Topliss-reactive ketones (excluding diaryl/α,β-unsaturated/α-hetero) is 1. The molecule has 0 radical (unpaired) electrons. The first-order chi connectivity index (χ1) is 11.7. The predicted molar refractivity (Wildman–Crippen MR) is 91.3 cm³/mol. The number of aliphatic hydroxyl groups is 1. The maximum absolute atomic E-state index is 12.5. The molecule has 0 bridgehead atoms. The molecule has 4 aliphatic carbocycles. The van der Waals surface area contributed by atoms with Crippen molar-refractivity contribution >= 4 is 5.78 Å². The fourth-order valence-electron chi connectivity index (χ4n) is 7.93. The molecule has 1 N–H and O–H groups in total. The van der Waals surface area contributed by atoms with E-state index in [1.807, 2.05) is 6.92 Å². The zero-order chi connectivity index (χ0) is 17.8. The molecular formula is C21H29NO3. The Morgan fingerprint density at radius 1 is 1.08 bits per heavy atom. The van der Waals surface area contributed by atoms with Gasteiger partial charge in [0.25, 0.3) is 0 Å². The first-order valence-electron chi connectivity index (χ1n) is 10.0. The Balaban J connectivity index is 1.53. The van der Waals surface area contributed by atoms with Gasteiger partial charge in [-0.3, -0.25) is 4.79 Å². The van der Waals surface area contributed by atoms with Crippen LogP contribution in [0.4, 0.5) is 0 Å². The highest BCUT2D eigenvalue weighted by molar-refractivity contribution is 5.92. The maximum atomic E-state index is 12.5. The summed E-state index contributed by atoms with van der Waals surface area (Å²) in [6, 6.07) is 2.26. The summed E-state index contributed by atoms with van der Waals surface area (Å²) in [5.74, 6) is 1.21. The number of ketones is 1. The molecule has 136 valence electrons. The lowest BCUT2D eigenvalue weighted by Gasteiger charge is -2.60. The normalized spacial score (nSPS) is 62.2. The Morgan fingerprint density at radius 2 is 1.76 bits per heavy atom. The molecule has 0 aromatic carbocycles. The van der Waals surface area contributed by atoms with Gasteiger partial charge in [-0.15, -0.1) is 0 Å². The lowest BCUT2D eigenvalue weighted by Crippen LogP contribution is -2.60. The van der Waals surface area contributed by atoms with E-state index < -0.39 is 11.5 Å². The van der Waals surface area contributed by atoms with Gasteiger partial charge in [0.1, 0.15) is 17.6 Å². The van der Waals surface area contributed by atoms with Crippen molar-refractivity contribution in [2.24, 2.45) is 34.5 Å². The van der Waals surface area contributed by atoms with Crippen molar-refractivity contribution in [3.63, 3.8) is 0 Å². The molecule has 0 aromatic rings. The fraction of sp³-hybridized carbons (Fsp3) is 0.905. The number of fused-ring (bicyclic) bond motifs is 4. The van der Waals surface area contributed by atoms with Crippen LogP contribution >= 0.6 is 0 Å². The maximum Gasteiger partial charge on any atom is 0.181 e. The third kappa shape index (κ3) is 1.64. The second-order valence-electron chi connectivity index (χ2n) is 10.3. The van der Waals surface area contributed by atoms with Crippen LogP contribution in [-0.4, -0.2) is 28.2 Å². The van der Waals surface area contributed by atoms with E-state index in [-0.39, 0.29) is 28.3 Å². The molecule has 4 saturated carbocycles. The number of rotatable bonds is 0. The van der Waals surface area contributed by atoms with Crippen molar-refractivity contribution in [1.29, 1.82) is 5.26 Å². The molecule has 0 aromatic heterocycles. The van der Waals surface area contributed by atoms with Gasteiger partial charge in [-0.05, 0) is 75.0 Å². The number of nitriles is 1. The minimum atomic E-state index is -0.561. The second kappa shape index (κ2) is 4.49. The van der Waals surface area contributed by atoms with Gasteiger partial charge >= 0.3 is 0 Å². The van der Waals surface area contributed by atoms with Gasteiger partial charge in [0.15, 0.2) is 5.78 Å². The van der Waals surface area contributed by atoms with E-state index in [1.165, 1.54) is 0 Å². The Labute approximate surface area is 149 Å². The molecule has 4 nitrogen and oxygen atoms in total. The second-order valence-corrected chi connectivity index (χ2v) is 10.3. The summed E-state index contributed by atoms with van der Waals surface area (Å²) < 4.78 is 6.09. The first kappa shape index (κ1) is 16.3. The zero-order valence-electron chi connectivity index (χ0n) is 15.5. The van der Waals surface area contributed by atoms with E-state index in [0.717, 1.165) is 38.5 Å². The SMILES string of the molecule is CC1(O)CC[C@H]2[C@@H]3CCC45OC4C(=O)C(C#N)C[C@]5(C)[C@@H]3CC[C@@]21C. The molecule has 25 heavy (non-hydrogen) atoms. The van der Waals surface area contributed by atoms with Crippen LogP contribution in [-0.2, 0) is 9.53 Å². The summed E-state index contributed by atoms with van der Waals surface area (Å²) in [7, 11) is 0. The van der Waals surface area contributed by atoms with Crippen LogP contribution in [0.1, 0.15) is 65.7 Å². The van der Waals surface area contributed by atoms with Gasteiger partial charge in [0, 0.05) is 5.41 Å². The van der Waals surface area contributed by atoms with Crippen LogP contribution < -0.4 is 0 Å². The predicted octanol–water partition coefficient (Wildman–Crippen LogP) is 3.23. The summed E-state index contributed by atoms with van der Waals surface area (Å²) in [6.07, 6.45) is 6.56. The summed E-state index contributed by atoms with van der Waals surface area (Å²) in [5.41, 5.74) is -0.898. The number of hydrogen-bond donors (Lipinski definition) is 1. The van der Waals surface area contributed by atoms with E-state index in [4.69, 9.17) is 4.74 Å². The Kier molecular flexibility index (Phi) is 2.92. The van der Waals surface area contributed by atoms with E-state index in [2.05, 4.69) is 19.9 Å². The topological polar surface area (TPSA) is 73.6 Å². The molecule has 9 atom stereocenters. The molecule has 5 aliphatic rings. The molecule has 1 heterocycles. The average Bonchev–Trinajstić information content (AvgIpc) is 3.25. The minimum Gasteiger partial charge on any atom is -0.390 e. The first-order valence-corrected chi connectivity index (χ1v) is 10.0. The summed E-state index contributed by atoms with van der Waals surface area (Å²) in [5, 5.41) is 20.5. The van der Waals surface area contributed by atoms with Crippen molar-refractivity contribution in [2.45, 2.75) is 83.0 Å². The highest BCUT2D eigenvalue weighted by Crippen LogP contribution is 2.73.